The predicted molar refractivity (Wildman–Crippen MR) is 135 cm³/mol. The molecule has 0 aliphatic rings. The Morgan fingerprint density at radius 2 is 1.23 bits per heavy atom. The Kier molecular flexibility index (Phi) is 6.52. The van der Waals surface area contributed by atoms with Crippen LogP contribution in [0.3, 0.4) is 0 Å². The summed E-state index contributed by atoms with van der Waals surface area (Å²) in [5, 5.41) is -0.543. The van der Waals surface area contributed by atoms with Crippen LogP contribution < -0.4 is 0 Å². The summed E-state index contributed by atoms with van der Waals surface area (Å²) in [6.45, 7) is 13.8. The topological polar surface area (TPSA) is 25.8 Å². The summed E-state index contributed by atoms with van der Waals surface area (Å²) in [5.74, 6) is 0. The first-order chi connectivity index (χ1) is 14.0. The third-order valence-corrected chi connectivity index (χ3v) is 6.92. The number of pyridine rings is 2. The lowest BCUT2D eigenvalue weighted by Gasteiger charge is -2.40. The van der Waals surface area contributed by atoms with E-state index in [1.807, 2.05) is 24.5 Å². The number of hydrogen-bond acceptors (Lipinski definition) is 2. The van der Waals surface area contributed by atoms with Crippen LogP contribution in [0.4, 0.5) is 0 Å². The Morgan fingerprint density at radius 1 is 0.700 bits per heavy atom. The highest BCUT2D eigenvalue weighted by atomic mass is 31.0. The van der Waals surface area contributed by atoms with Crippen molar-refractivity contribution in [3.05, 3.63) is 94.6 Å². The Labute approximate surface area is 186 Å². The van der Waals surface area contributed by atoms with Crippen molar-refractivity contribution < 1.29 is 0 Å². The Morgan fingerprint density at radius 3 is 1.60 bits per heavy atom. The van der Waals surface area contributed by atoms with Crippen molar-refractivity contribution in [2.24, 2.45) is 0 Å². The maximum Gasteiger partial charge on any atom is 0.0938 e. The molecule has 2 heterocycles. The van der Waals surface area contributed by atoms with Crippen LogP contribution in [0.5, 0.6) is 0 Å². The fourth-order valence-corrected chi connectivity index (χ4v) is 5.26. The zero-order valence-electron chi connectivity index (χ0n) is 19.0. The lowest BCUT2D eigenvalue weighted by atomic mass is 9.69. The Bertz CT molecular complexity index is 961. The third kappa shape index (κ3) is 4.23. The van der Waals surface area contributed by atoms with E-state index in [0.29, 0.717) is 0 Å². The van der Waals surface area contributed by atoms with Crippen LogP contribution in [0, 0.1) is 0 Å². The first-order valence-corrected chi connectivity index (χ1v) is 11.9. The standard InChI is InChI=1S/C26H34N2P2/c1-24(2,3)19-14-13-18(17-29)22(23(19)25(4,5)6)26(30,20-11-7-9-15-27-20)21-12-8-10-16-28-21/h7-16H,17,29-30H2,1-6H3. The highest BCUT2D eigenvalue weighted by Crippen LogP contribution is 2.51. The monoisotopic (exact) mass is 436 g/mol. The smallest absolute Gasteiger partial charge is 0.0938 e. The molecule has 4 heteroatoms. The summed E-state index contributed by atoms with van der Waals surface area (Å²) in [6.07, 6.45) is 4.63. The van der Waals surface area contributed by atoms with Crippen molar-refractivity contribution in [1.29, 1.82) is 0 Å². The largest absolute Gasteiger partial charge is 0.260 e. The van der Waals surface area contributed by atoms with E-state index >= 15 is 0 Å². The minimum Gasteiger partial charge on any atom is -0.260 e. The van der Waals surface area contributed by atoms with Crippen LogP contribution in [0.2, 0.25) is 0 Å². The average molecular weight is 437 g/mol. The minimum absolute atomic E-state index is 0.0244. The van der Waals surface area contributed by atoms with E-state index in [4.69, 9.17) is 9.97 Å². The molecule has 0 aliphatic heterocycles. The van der Waals surface area contributed by atoms with Gasteiger partial charge < -0.3 is 0 Å². The van der Waals surface area contributed by atoms with E-state index in [9.17, 15) is 0 Å². The molecule has 0 N–H and O–H groups in total. The fourth-order valence-electron chi connectivity index (χ4n) is 4.25. The van der Waals surface area contributed by atoms with Crippen molar-refractivity contribution >= 4 is 18.5 Å². The summed E-state index contributed by atoms with van der Waals surface area (Å²) >= 11 is 0. The van der Waals surface area contributed by atoms with Crippen molar-refractivity contribution in [2.75, 3.05) is 0 Å². The van der Waals surface area contributed by atoms with E-state index in [1.165, 1.54) is 22.3 Å². The number of nitrogens with zero attached hydrogens (tertiary/aromatic N) is 2. The third-order valence-electron chi connectivity index (χ3n) is 5.60. The van der Waals surface area contributed by atoms with Gasteiger partial charge in [-0.2, -0.15) is 0 Å². The van der Waals surface area contributed by atoms with Crippen LogP contribution in [-0.2, 0) is 22.1 Å². The molecule has 3 aromatic rings. The zero-order valence-corrected chi connectivity index (χ0v) is 21.3. The van der Waals surface area contributed by atoms with Gasteiger partial charge in [-0.05, 0) is 63.5 Å². The van der Waals surface area contributed by atoms with Crippen LogP contribution in [0.15, 0.2) is 60.9 Å². The molecule has 2 nitrogen and oxygen atoms in total. The molecular formula is C26H34N2P2. The fraction of sp³-hybridized carbons (Fsp3) is 0.385. The summed E-state index contributed by atoms with van der Waals surface area (Å²) in [6, 6.07) is 16.9. The summed E-state index contributed by atoms with van der Waals surface area (Å²) < 4.78 is 0. The molecule has 2 aromatic heterocycles. The molecule has 0 saturated heterocycles. The molecule has 0 saturated carbocycles. The van der Waals surface area contributed by atoms with E-state index in [2.05, 4.69) is 96.4 Å². The molecule has 0 spiro atoms. The second kappa shape index (κ2) is 8.49. The van der Waals surface area contributed by atoms with Crippen LogP contribution in [-0.4, -0.2) is 9.97 Å². The van der Waals surface area contributed by atoms with Gasteiger partial charge in [0.1, 0.15) is 0 Å². The first-order valence-electron chi connectivity index (χ1n) is 10.5. The number of aromatic nitrogens is 2. The van der Waals surface area contributed by atoms with E-state index in [0.717, 1.165) is 17.5 Å². The SMILES string of the molecule is CC(C)(C)c1ccc(CP)c(C(P)(c2ccccn2)c2ccccn2)c1C(C)(C)C. The Balaban J connectivity index is 2.54. The highest BCUT2D eigenvalue weighted by Gasteiger charge is 2.41. The van der Waals surface area contributed by atoms with Gasteiger partial charge >= 0.3 is 0 Å². The van der Waals surface area contributed by atoms with Crippen molar-refractivity contribution in [3.63, 3.8) is 0 Å². The summed E-state index contributed by atoms with van der Waals surface area (Å²) in [4.78, 5) is 9.65. The van der Waals surface area contributed by atoms with Gasteiger partial charge in [0.25, 0.3) is 0 Å². The van der Waals surface area contributed by atoms with Gasteiger partial charge in [-0.15, -0.1) is 18.5 Å². The maximum atomic E-state index is 4.83. The molecule has 158 valence electrons. The molecule has 0 radical (unpaired) electrons. The van der Waals surface area contributed by atoms with Gasteiger partial charge in [-0.3, -0.25) is 9.97 Å². The minimum atomic E-state index is -0.543. The summed E-state index contributed by atoms with van der Waals surface area (Å²) in [7, 11) is 6.06. The maximum absolute atomic E-state index is 4.83. The van der Waals surface area contributed by atoms with Crippen molar-refractivity contribution in [1.82, 2.24) is 9.97 Å². The molecule has 0 fully saturated rings. The molecular weight excluding hydrogens is 402 g/mol. The molecule has 2 atom stereocenters. The highest BCUT2D eigenvalue weighted by molar-refractivity contribution is 7.19. The van der Waals surface area contributed by atoms with Crippen molar-refractivity contribution in [3.8, 4) is 0 Å². The molecule has 0 bridgehead atoms. The molecule has 1 aromatic carbocycles. The average Bonchev–Trinajstić information content (AvgIpc) is 2.72. The van der Waals surface area contributed by atoms with Crippen LogP contribution >= 0.6 is 18.5 Å². The summed E-state index contributed by atoms with van der Waals surface area (Å²) in [5.41, 5.74) is 7.35. The van der Waals surface area contributed by atoms with E-state index < -0.39 is 5.16 Å². The van der Waals surface area contributed by atoms with Gasteiger partial charge in [0.2, 0.25) is 0 Å². The van der Waals surface area contributed by atoms with Gasteiger partial charge in [0, 0.05) is 12.4 Å². The van der Waals surface area contributed by atoms with Crippen molar-refractivity contribution in [2.45, 2.75) is 63.7 Å². The molecule has 0 aliphatic carbocycles. The second-order valence-electron chi connectivity index (χ2n) is 9.96. The lowest BCUT2D eigenvalue weighted by molar-refractivity contribution is 0.520. The molecule has 0 amide bonds. The number of rotatable bonds is 4. The molecule has 30 heavy (non-hydrogen) atoms. The predicted octanol–water partition coefficient (Wildman–Crippen LogP) is 6.61. The van der Waals surface area contributed by atoms with Gasteiger partial charge in [-0.1, -0.05) is 65.8 Å². The molecule has 2 unspecified atom stereocenters. The molecule has 3 rings (SSSR count). The van der Waals surface area contributed by atoms with Gasteiger partial charge in [0.15, 0.2) is 0 Å². The quantitative estimate of drug-likeness (QED) is 0.430. The lowest BCUT2D eigenvalue weighted by Crippen LogP contribution is -2.33. The number of hydrogen-bond donors (Lipinski definition) is 0. The van der Waals surface area contributed by atoms with Gasteiger partial charge in [-0.25, -0.2) is 0 Å². The van der Waals surface area contributed by atoms with E-state index in [-0.39, 0.29) is 10.8 Å². The number of benzene rings is 1. The normalized spacial score (nSPS) is 12.8. The second-order valence-corrected chi connectivity index (χ2v) is 11.2. The zero-order chi connectivity index (χ0) is 22.2. The van der Waals surface area contributed by atoms with E-state index in [1.54, 1.807) is 0 Å². The first kappa shape index (κ1) is 23.1. The van der Waals surface area contributed by atoms with Crippen LogP contribution in [0.1, 0.15) is 75.2 Å². The van der Waals surface area contributed by atoms with Gasteiger partial charge in [0.05, 0.1) is 16.5 Å². The van der Waals surface area contributed by atoms with Crippen LogP contribution in [0.25, 0.3) is 0 Å². The Hall–Kier alpha value is -1.62.